The van der Waals surface area contributed by atoms with Crippen LogP contribution in [0.5, 0.6) is 0 Å². The second-order valence-electron chi connectivity index (χ2n) is 6.07. The summed E-state index contributed by atoms with van der Waals surface area (Å²) >= 11 is 0. The Balaban J connectivity index is 1.75. The van der Waals surface area contributed by atoms with Gasteiger partial charge in [-0.05, 0) is 31.2 Å². The summed E-state index contributed by atoms with van der Waals surface area (Å²) in [5, 5.41) is 4.15. The summed E-state index contributed by atoms with van der Waals surface area (Å²) < 4.78 is 26.8. The van der Waals surface area contributed by atoms with Gasteiger partial charge in [0.2, 0.25) is 10.0 Å². The molecule has 0 spiro atoms. The van der Waals surface area contributed by atoms with E-state index in [4.69, 9.17) is 0 Å². The molecular formula is C15H21N5O2S. The zero-order chi connectivity index (χ0) is 16.4. The molecule has 1 atom stereocenters. The number of hydrogen-bond acceptors (Lipinski definition) is 5. The van der Waals surface area contributed by atoms with Crippen LogP contribution in [0, 0.1) is 5.92 Å². The van der Waals surface area contributed by atoms with Crippen LogP contribution in [0.2, 0.25) is 0 Å². The number of hydrogen-bond donors (Lipinski definition) is 0. The fraction of sp³-hybridized carbons (Fsp3) is 0.533. The van der Waals surface area contributed by atoms with Gasteiger partial charge in [0.1, 0.15) is 5.69 Å². The van der Waals surface area contributed by atoms with Gasteiger partial charge in [-0.1, -0.05) is 0 Å². The number of aryl methyl sites for hydroxylation is 1. The summed E-state index contributed by atoms with van der Waals surface area (Å²) in [4.78, 5) is 8.95. The third-order valence-electron chi connectivity index (χ3n) is 4.22. The van der Waals surface area contributed by atoms with Gasteiger partial charge in [-0.15, -0.1) is 0 Å². The molecule has 2 aromatic rings. The lowest BCUT2D eigenvalue weighted by molar-refractivity contribution is 0.265. The number of nitrogens with zero attached hydrogens (tertiary/aromatic N) is 5. The Hall–Kier alpha value is -1.80. The summed E-state index contributed by atoms with van der Waals surface area (Å²) in [5.41, 5.74) is 2.60. The summed E-state index contributed by atoms with van der Waals surface area (Å²) in [7, 11) is -1.24. The molecule has 1 fully saturated rings. The van der Waals surface area contributed by atoms with Gasteiger partial charge in [-0.3, -0.25) is 9.67 Å². The van der Waals surface area contributed by atoms with Gasteiger partial charge in [-0.2, -0.15) is 5.10 Å². The maximum Gasteiger partial charge on any atom is 0.211 e. The Morgan fingerprint density at radius 1 is 1.35 bits per heavy atom. The Labute approximate surface area is 136 Å². The molecule has 3 rings (SSSR count). The van der Waals surface area contributed by atoms with E-state index in [1.807, 2.05) is 13.1 Å². The molecule has 0 aromatic carbocycles. The fourth-order valence-corrected chi connectivity index (χ4v) is 3.99. The summed E-state index contributed by atoms with van der Waals surface area (Å²) in [6, 6.07) is 1.90. The Bertz CT molecular complexity index is 787. The molecule has 23 heavy (non-hydrogen) atoms. The lowest BCUT2D eigenvalue weighted by Gasteiger charge is -2.30. The molecule has 8 heteroatoms. The number of piperidine rings is 1. The average molecular weight is 335 g/mol. The van der Waals surface area contributed by atoms with Crippen molar-refractivity contribution in [1.82, 2.24) is 24.1 Å². The van der Waals surface area contributed by atoms with Crippen LogP contribution in [0.3, 0.4) is 0 Å². The largest absolute Gasteiger partial charge is 0.266 e. The van der Waals surface area contributed by atoms with E-state index in [1.165, 1.54) is 6.26 Å². The highest BCUT2D eigenvalue weighted by Gasteiger charge is 2.26. The topological polar surface area (TPSA) is 81.0 Å². The van der Waals surface area contributed by atoms with E-state index in [9.17, 15) is 8.42 Å². The van der Waals surface area contributed by atoms with Crippen molar-refractivity contribution in [2.75, 3.05) is 19.3 Å². The normalized spacial score (nSPS) is 19.8. The third kappa shape index (κ3) is 3.76. The maximum absolute atomic E-state index is 11.7. The van der Waals surface area contributed by atoms with Gasteiger partial charge in [0.15, 0.2) is 0 Å². The first-order chi connectivity index (χ1) is 10.9. The van der Waals surface area contributed by atoms with Gasteiger partial charge in [0.25, 0.3) is 0 Å². The molecule has 1 aliphatic rings. The van der Waals surface area contributed by atoms with Gasteiger partial charge in [-0.25, -0.2) is 17.7 Å². The van der Waals surface area contributed by atoms with Crippen LogP contribution >= 0.6 is 0 Å². The van der Waals surface area contributed by atoms with Gasteiger partial charge >= 0.3 is 0 Å². The first-order valence-corrected chi connectivity index (χ1v) is 9.53. The summed E-state index contributed by atoms with van der Waals surface area (Å²) in [6.45, 7) is 1.19. The SMILES string of the molecule is Cn1nccc1-c1cncc(C[C@@H]2CCCN(S(C)(=O)=O)C2)n1. The zero-order valence-electron chi connectivity index (χ0n) is 13.4. The Kier molecular flexibility index (Phi) is 4.45. The number of sulfonamides is 1. The van der Waals surface area contributed by atoms with Crippen molar-refractivity contribution < 1.29 is 8.42 Å². The van der Waals surface area contributed by atoms with Crippen molar-refractivity contribution in [2.24, 2.45) is 13.0 Å². The van der Waals surface area contributed by atoms with E-state index in [1.54, 1.807) is 27.6 Å². The highest BCUT2D eigenvalue weighted by molar-refractivity contribution is 7.88. The molecule has 0 unspecified atom stereocenters. The zero-order valence-corrected chi connectivity index (χ0v) is 14.2. The van der Waals surface area contributed by atoms with Crippen molar-refractivity contribution >= 4 is 10.0 Å². The van der Waals surface area contributed by atoms with E-state index >= 15 is 0 Å². The number of aromatic nitrogens is 4. The molecule has 124 valence electrons. The first kappa shape index (κ1) is 16.1. The van der Waals surface area contributed by atoms with Crippen LogP contribution < -0.4 is 0 Å². The second-order valence-corrected chi connectivity index (χ2v) is 8.05. The molecule has 2 aromatic heterocycles. The summed E-state index contributed by atoms with van der Waals surface area (Å²) in [6.07, 6.45) is 9.15. The monoisotopic (exact) mass is 335 g/mol. The van der Waals surface area contributed by atoms with Crippen LogP contribution in [0.25, 0.3) is 11.4 Å². The van der Waals surface area contributed by atoms with Crippen molar-refractivity contribution in [1.29, 1.82) is 0 Å². The third-order valence-corrected chi connectivity index (χ3v) is 5.49. The van der Waals surface area contributed by atoms with Crippen LogP contribution in [-0.2, 0) is 23.5 Å². The van der Waals surface area contributed by atoms with Crippen molar-refractivity contribution in [2.45, 2.75) is 19.3 Å². The number of rotatable bonds is 4. The minimum absolute atomic E-state index is 0.287. The Morgan fingerprint density at radius 2 is 2.17 bits per heavy atom. The smallest absolute Gasteiger partial charge is 0.211 e. The Morgan fingerprint density at radius 3 is 2.87 bits per heavy atom. The van der Waals surface area contributed by atoms with Crippen molar-refractivity contribution in [3.8, 4) is 11.4 Å². The fourth-order valence-electron chi connectivity index (χ4n) is 3.04. The highest BCUT2D eigenvalue weighted by Crippen LogP contribution is 2.22. The predicted octanol–water partition coefficient (Wildman–Crippen LogP) is 1.09. The average Bonchev–Trinajstić information content (AvgIpc) is 2.93. The molecule has 0 radical (unpaired) electrons. The molecule has 0 bridgehead atoms. The van der Waals surface area contributed by atoms with Crippen LogP contribution in [0.15, 0.2) is 24.7 Å². The van der Waals surface area contributed by atoms with Crippen LogP contribution in [-0.4, -0.2) is 51.8 Å². The van der Waals surface area contributed by atoms with E-state index in [-0.39, 0.29) is 5.92 Å². The minimum Gasteiger partial charge on any atom is -0.266 e. The molecule has 1 saturated heterocycles. The van der Waals surface area contributed by atoms with Gasteiger partial charge in [0.05, 0.1) is 23.8 Å². The van der Waals surface area contributed by atoms with E-state index in [2.05, 4.69) is 15.1 Å². The molecule has 3 heterocycles. The molecule has 0 saturated carbocycles. The van der Waals surface area contributed by atoms with Crippen molar-refractivity contribution in [3.05, 3.63) is 30.4 Å². The van der Waals surface area contributed by atoms with Gasteiger partial charge in [0, 0.05) is 32.5 Å². The van der Waals surface area contributed by atoms with Crippen LogP contribution in [0.1, 0.15) is 18.5 Å². The quantitative estimate of drug-likeness (QED) is 0.835. The molecule has 0 N–H and O–H groups in total. The van der Waals surface area contributed by atoms with Crippen LogP contribution in [0.4, 0.5) is 0 Å². The molecule has 0 aliphatic carbocycles. The lowest BCUT2D eigenvalue weighted by atomic mass is 9.95. The maximum atomic E-state index is 11.7. The van der Waals surface area contributed by atoms with Gasteiger partial charge < -0.3 is 0 Å². The molecule has 1 aliphatic heterocycles. The van der Waals surface area contributed by atoms with Crippen molar-refractivity contribution in [3.63, 3.8) is 0 Å². The second kappa shape index (κ2) is 6.37. The first-order valence-electron chi connectivity index (χ1n) is 7.68. The summed E-state index contributed by atoms with van der Waals surface area (Å²) in [5.74, 6) is 0.287. The highest BCUT2D eigenvalue weighted by atomic mass is 32.2. The van der Waals surface area contributed by atoms with E-state index in [0.29, 0.717) is 13.1 Å². The molecule has 0 amide bonds. The predicted molar refractivity (Wildman–Crippen MR) is 87.1 cm³/mol. The van der Waals surface area contributed by atoms with E-state index in [0.717, 1.165) is 36.3 Å². The molecule has 7 nitrogen and oxygen atoms in total. The minimum atomic E-state index is -3.11. The van der Waals surface area contributed by atoms with E-state index < -0.39 is 10.0 Å². The molecular weight excluding hydrogens is 314 g/mol. The standard InChI is InChI=1S/C15H21N5O2S/c1-19-15(5-6-17-19)14-10-16-9-13(18-14)8-12-4-3-7-20(11-12)23(2,21)22/h5-6,9-10,12H,3-4,7-8,11H2,1-2H3/t12-/m0/s1. The lowest BCUT2D eigenvalue weighted by Crippen LogP contribution is -2.39.